The van der Waals surface area contributed by atoms with Gasteiger partial charge in [-0.3, -0.25) is 4.79 Å². The molecule has 0 aromatic heterocycles. The van der Waals surface area contributed by atoms with Crippen molar-refractivity contribution < 1.29 is 14.3 Å². The SMILES string of the molecule is COC(=O)C1=C(C)N=C2SC=C(CC(=O)N3CCCCC3)N2[C@H]1c1ccccc1Cl. The molecule has 1 aromatic rings. The van der Waals surface area contributed by atoms with Crippen molar-refractivity contribution in [1.29, 1.82) is 0 Å². The zero-order valence-corrected chi connectivity index (χ0v) is 18.6. The van der Waals surface area contributed by atoms with Gasteiger partial charge in [0.15, 0.2) is 5.17 Å². The summed E-state index contributed by atoms with van der Waals surface area (Å²) in [6.45, 7) is 3.42. The van der Waals surface area contributed by atoms with E-state index < -0.39 is 12.0 Å². The largest absolute Gasteiger partial charge is 0.466 e. The smallest absolute Gasteiger partial charge is 0.338 e. The molecule has 30 heavy (non-hydrogen) atoms. The van der Waals surface area contributed by atoms with Crippen LogP contribution >= 0.6 is 23.4 Å². The zero-order valence-electron chi connectivity index (χ0n) is 17.1. The van der Waals surface area contributed by atoms with Gasteiger partial charge in [-0.25, -0.2) is 9.79 Å². The number of amidine groups is 1. The van der Waals surface area contributed by atoms with E-state index in [2.05, 4.69) is 4.99 Å². The third-order valence-electron chi connectivity index (χ3n) is 5.65. The summed E-state index contributed by atoms with van der Waals surface area (Å²) < 4.78 is 5.07. The van der Waals surface area contributed by atoms with Crippen LogP contribution in [0.25, 0.3) is 0 Å². The molecule has 1 amide bonds. The highest BCUT2D eigenvalue weighted by Crippen LogP contribution is 2.46. The maximum atomic E-state index is 13.0. The Morgan fingerprint density at radius 1 is 1.23 bits per heavy atom. The summed E-state index contributed by atoms with van der Waals surface area (Å²) in [6.07, 6.45) is 3.53. The molecule has 4 rings (SSSR count). The maximum Gasteiger partial charge on any atom is 0.338 e. The van der Waals surface area contributed by atoms with Crippen molar-refractivity contribution in [2.75, 3.05) is 20.2 Å². The number of hydrogen-bond acceptors (Lipinski definition) is 6. The molecule has 158 valence electrons. The van der Waals surface area contributed by atoms with Crippen molar-refractivity contribution >= 4 is 40.4 Å². The molecule has 0 radical (unpaired) electrons. The number of allylic oxidation sites excluding steroid dienone is 1. The molecule has 0 aliphatic carbocycles. The minimum Gasteiger partial charge on any atom is -0.466 e. The lowest BCUT2D eigenvalue weighted by atomic mass is 9.93. The number of thioether (sulfide) groups is 1. The first kappa shape index (κ1) is 21.0. The van der Waals surface area contributed by atoms with Crippen LogP contribution in [0.1, 0.15) is 44.2 Å². The summed E-state index contributed by atoms with van der Waals surface area (Å²) in [7, 11) is 1.36. The minimum atomic E-state index is -0.492. The van der Waals surface area contributed by atoms with Gasteiger partial charge in [0.25, 0.3) is 0 Å². The average Bonchev–Trinajstić information content (AvgIpc) is 3.15. The van der Waals surface area contributed by atoms with Crippen LogP contribution in [0, 0.1) is 0 Å². The van der Waals surface area contributed by atoms with E-state index in [1.807, 2.05) is 33.4 Å². The fraction of sp³-hybridized carbons (Fsp3) is 0.409. The number of fused-ring (bicyclic) bond motifs is 1. The normalized spacial score (nSPS) is 21.2. The van der Waals surface area contributed by atoms with E-state index in [1.54, 1.807) is 13.0 Å². The number of piperidine rings is 1. The number of amides is 1. The highest BCUT2D eigenvalue weighted by Gasteiger charge is 2.42. The Kier molecular flexibility index (Phi) is 6.20. The van der Waals surface area contributed by atoms with E-state index in [0.29, 0.717) is 16.3 Å². The molecule has 0 N–H and O–H groups in total. The second kappa shape index (κ2) is 8.86. The van der Waals surface area contributed by atoms with Crippen LogP contribution in [0.15, 0.2) is 51.6 Å². The molecule has 0 saturated carbocycles. The van der Waals surface area contributed by atoms with Gasteiger partial charge in [0.05, 0.1) is 30.8 Å². The quantitative estimate of drug-likeness (QED) is 0.639. The van der Waals surface area contributed by atoms with Crippen LogP contribution < -0.4 is 0 Å². The second-order valence-electron chi connectivity index (χ2n) is 7.52. The Morgan fingerprint density at radius 2 is 1.97 bits per heavy atom. The van der Waals surface area contributed by atoms with Crippen LogP contribution in [-0.2, 0) is 14.3 Å². The highest BCUT2D eigenvalue weighted by atomic mass is 35.5. The van der Waals surface area contributed by atoms with Gasteiger partial charge in [0, 0.05) is 23.8 Å². The lowest BCUT2D eigenvalue weighted by Crippen LogP contribution is -2.40. The summed E-state index contributed by atoms with van der Waals surface area (Å²) in [5.74, 6) is -0.342. The van der Waals surface area contributed by atoms with Gasteiger partial charge < -0.3 is 14.5 Å². The van der Waals surface area contributed by atoms with Gasteiger partial charge >= 0.3 is 5.97 Å². The van der Waals surface area contributed by atoms with E-state index in [4.69, 9.17) is 16.3 Å². The first-order valence-corrected chi connectivity index (χ1v) is 11.3. The molecule has 3 aliphatic rings. The second-order valence-corrected chi connectivity index (χ2v) is 8.77. The van der Waals surface area contributed by atoms with Crippen molar-refractivity contribution in [1.82, 2.24) is 9.80 Å². The zero-order chi connectivity index (χ0) is 21.3. The Hall–Kier alpha value is -2.25. The van der Waals surface area contributed by atoms with E-state index >= 15 is 0 Å². The molecular formula is C22H24ClN3O3S. The molecule has 0 bridgehead atoms. The Bertz CT molecular complexity index is 966. The molecule has 1 atom stereocenters. The molecule has 1 saturated heterocycles. The fourth-order valence-electron chi connectivity index (χ4n) is 4.14. The number of rotatable bonds is 4. The molecule has 1 aromatic carbocycles. The molecule has 3 aliphatic heterocycles. The number of carbonyl (C=O) groups excluding carboxylic acids is 2. The van der Waals surface area contributed by atoms with Crippen LogP contribution in [0.4, 0.5) is 0 Å². The van der Waals surface area contributed by atoms with Gasteiger partial charge in [0.2, 0.25) is 5.91 Å². The van der Waals surface area contributed by atoms with Crippen LogP contribution in [0.2, 0.25) is 5.02 Å². The summed E-state index contributed by atoms with van der Waals surface area (Å²) >= 11 is 8.01. The van der Waals surface area contributed by atoms with Crippen molar-refractivity contribution in [3.05, 3.63) is 57.2 Å². The third-order valence-corrected chi connectivity index (χ3v) is 6.88. The molecule has 3 heterocycles. The summed E-state index contributed by atoms with van der Waals surface area (Å²) in [6, 6.07) is 6.96. The van der Waals surface area contributed by atoms with Crippen molar-refractivity contribution in [2.24, 2.45) is 4.99 Å². The topological polar surface area (TPSA) is 62.2 Å². The predicted octanol–water partition coefficient (Wildman–Crippen LogP) is 4.49. The first-order chi connectivity index (χ1) is 14.5. The number of hydrogen-bond donors (Lipinski definition) is 0. The first-order valence-electron chi connectivity index (χ1n) is 10.1. The lowest BCUT2D eigenvalue weighted by molar-refractivity contribution is -0.136. The number of methoxy groups -OCH3 is 1. The Balaban J connectivity index is 1.71. The maximum absolute atomic E-state index is 13.0. The predicted molar refractivity (Wildman–Crippen MR) is 119 cm³/mol. The van der Waals surface area contributed by atoms with E-state index in [-0.39, 0.29) is 12.3 Å². The van der Waals surface area contributed by atoms with Gasteiger partial charge in [-0.2, -0.15) is 0 Å². The molecular weight excluding hydrogens is 422 g/mol. The number of ether oxygens (including phenoxy) is 1. The molecule has 6 nitrogen and oxygen atoms in total. The Morgan fingerprint density at radius 3 is 2.67 bits per heavy atom. The van der Waals surface area contributed by atoms with Crippen molar-refractivity contribution in [3.63, 3.8) is 0 Å². The van der Waals surface area contributed by atoms with E-state index in [0.717, 1.165) is 42.4 Å². The third kappa shape index (κ3) is 3.88. The number of aliphatic imine (C=N–C) groups is 1. The van der Waals surface area contributed by atoms with E-state index in [1.165, 1.54) is 25.3 Å². The number of carbonyl (C=O) groups is 2. The summed E-state index contributed by atoms with van der Waals surface area (Å²) in [4.78, 5) is 34.2. The number of halogens is 1. The number of nitrogens with zero attached hydrogens (tertiary/aromatic N) is 3. The van der Waals surface area contributed by atoms with Gasteiger partial charge in [-0.1, -0.05) is 41.6 Å². The summed E-state index contributed by atoms with van der Waals surface area (Å²) in [5, 5.41) is 3.25. The van der Waals surface area contributed by atoms with Crippen molar-refractivity contribution in [3.8, 4) is 0 Å². The monoisotopic (exact) mass is 445 g/mol. The van der Waals surface area contributed by atoms with Gasteiger partial charge in [0.1, 0.15) is 0 Å². The van der Waals surface area contributed by atoms with Crippen LogP contribution in [0.5, 0.6) is 0 Å². The van der Waals surface area contributed by atoms with Crippen molar-refractivity contribution in [2.45, 2.75) is 38.6 Å². The Labute approximate surface area is 185 Å². The molecule has 8 heteroatoms. The van der Waals surface area contributed by atoms with Crippen LogP contribution in [0.3, 0.4) is 0 Å². The summed E-state index contributed by atoms with van der Waals surface area (Å²) in [5.41, 5.74) is 2.65. The number of esters is 1. The number of likely N-dealkylation sites (tertiary alicyclic amines) is 1. The molecule has 1 fully saturated rings. The average molecular weight is 446 g/mol. The van der Waals surface area contributed by atoms with E-state index in [9.17, 15) is 9.59 Å². The lowest BCUT2D eigenvalue weighted by Gasteiger charge is -2.37. The molecule has 0 spiro atoms. The highest BCUT2D eigenvalue weighted by molar-refractivity contribution is 8.16. The molecule has 0 unspecified atom stereocenters. The van der Waals surface area contributed by atoms with Gasteiger partial charge in [-0.15, -0.1) is 0 Å². The fourth-order valence-corrected chi connectivity index (χ4v) is 5.35. The number of benzene rings is 1. The minimum absolute atomic E-state index is 0.103. The van der Waals surface area contributed by atoms with Crippen LogP contribution in [-0.4, -0.2) is 47.0 Å². The standard InChI is InChI=1S/C22H24ClN3O3S/c1-14-19(21(28)29-2)20(16-8-4-5-9-17(16)23)26-15(13-30-22(26)24-14)12-18(27)25-10-6-3-7-11-25/h4-5,8-9,13,20H,3,6-7,10-12H2,1-2H3/t20-/m0/s1. The van der Waals surface area contributed by atoms with Gasteiger partial charge in [-0.05, 0) is 43.2 Å².